The molecular formula is C17H20F2N2O5S. The zero-order valence-corrected chi connectivity index (χ0v) is 15.6. The van der Waals surface area contributed by atoms with Crippen molar-refractivity contribution in [2.45, 2.75) is 30.2 Å². The average Bonchev–Trinajstić information content (AvgIpc) is 3.19. The number of rotatable bonds is 7. The largest absolute Gasteiger partial charge is 0.383 e. The van der Waals surface area contributed by atoms with Gasteiger partial charge in [0.25, 0.3) is 11.7 Å². The van der Waals surface area contributed by atoms with Crippen LogP contribution in [0.3, 0.4) is 0 Å². The fraction of sp³-hybridized carbons (Fsp3) is 0.529. The van der Waals surface area contributed by atoms with Crippen LogP contribution in [0.25, 0.3) is 0 Å². The predicted octanol–water partition coefficient (Wildman–Crippen LogP) is 1.51. The number of ether oxygens (including phenoxy) is 1. The molecule has 27 heavy (non-hydrogen) atoms. The smallest absolute Gasteiger partial charge is 0.299 e. The number of nitrogens with zero attached hydrogens (tertiary/aromatic N) is 2. The van der Waals surface area contributed by atoms with Gasteiger partial charge in [0.15, 0.2) is 0 Å². The highest BCUT2D eigenvalue weighted by Gasteiger charge is 2.41. The second kappa shape index (κ2) is 7.61. The number of sulfonamides is 1. The zero-order chi connectivity index (χ0) is 19.8. The van der Waals surface area contributed by atoms with Crippen molar-refractivity contribution in [1.82, 2.24) is 4.31 Å². The number of anilines is 1. The first-order valence-corrected chi connectivity index (χ1v) is 10.0. The Hall–Kier alpha value is -1.91. The minimum atomic E-state index is -4.06. The summed E-state index contributed by atoms with van der Waals surface area (Å²) in [5, 5.41) is 0. The lowest BCUT2D eigenvalue weighted by molar-refractivity contribution is -0.114. The number of alkyl halides is 1. The van der Waals surface area contributed by atoms with E-state index >= 15 is 0 Å². The van der Waals surface area contributed by atoms with Gasteiger partial charge in [0, 0.05) is 26.2 Å². The lowest BCUT2D eigenvalue weighted by atomic mass is 10.1. The molecule has 0 bridgehead atoms. The van der Waals surface area contributed by atoms with Gasteiger partial charge >= 0.3 is 0 Å². The Morgan fingerprint density at radius 3 is 2.70 bits per heavy atom. The monoisotopic (exact) mass is 400 g/mol. The summed E-state index contributed by atoms with van der Waals surface area (Å²) in [6, 6.07) is 1.48. The van der Waals surface area contributed by atoms with E-state index in [2.05, 4.69) is 0 Å². The molecule has 148 valence electrons. The van der Waals surface area contributed by atoms with Crippen LogP contribution in [0, 0.1) is 5.82 Å². The summed E-state index contributed by atoms with van der Waals surface area (Å²) in [4.78, 5) is 24.8. The number of Topliss-reactive ketones (excluding diaryl/α,β-unsaturated/α-hetero) is 1. The molecule has 1 fully saturated rings. The number of carbonyl (C=O) groups is 2. The van der Waals surface area contributed by atoms with Gasteiger partial charge in [-0.25, -0.2) is 12.8 Å². The summed E-state index contributed by atoms with van der Waals surface area (Å²) in [6.45, 7) is -0.401. The molecule has 2 aliphatic rings. The number of fused-ring (bicyclic) bond motifs is 1. The first-order chi connectivity index (χ1) is 12.8. The van der Waals surface area contributed by atoms with E-state index in [0.29, 0.717) is 12.8 Å². The molecule has 10 heteroatoms. The van der Waals surface area contributed by atoms with E-state index in [4.69, 9.17) is 4.74 Å². The van der Waals surface area contributed by atoms with Crippen LogP contribution in [0.15, 0.2) is 17.0 Å². The third-order valence-corrected chi connectivity index (χ3v) is 6.72. The lowest BCUT2D eigenvalue weighted by Crippen LogP contribution is -2.38. The second-order valence-corrected chi connectivity index (χ2v) is 8.39. The molecule has 2 aliphatic heterocycles. The summed E-state index contributed by atoms with van der Waals surface area (Å²) in [7, 11) is -2.59. The molecule has 0 unspecified atom stereocenters. The van der Waals surface area contributed by atoms with Gasteiger partial charge in [-0.2, -0.15) is 4.31 Å². The van der Waals surface area contributed by atoms with Gasteiger partial charge in [-0.1, -0.05) is 0 Å². The molecule has 0 radical (unpaired) electrons. The zero-order valence-electron chi connectivity index (χ0n) is 14.8. The molecule has 3 rings (SSSR count). The van der Waals surface area contributed by atoms with E-state index in [1.807, 2.05) is 0 Å². The topological polar surface area (TPSA) is 84.0 Å². The molecule has 2 heterocycles. The van der Waals surface area contributed by atoms with E-state index in [1.165, 1.54) is 11.4 Å². The number of carbonyl (C=O) groups excluding carboxylic acids is 2. The van der Waals surface area contributed by atoms with Crippen molar-refractivity contribution in [2.24, 2.45) is 0 Å². The Balaban J connectivity index is 2.01. The SMILES string of the molecule is COC[C@@H]1CCCN1S(=O)(=O)c1cc([18F])c2c(c1)C(=O)C(=O)N2CCC[18F]. The van der Waals surface area contributed by atoms with Crippen LogP contribution in [0.1, 0.15) is 29.6 Å². The van der Waals surface area contributed by atoms with E-state index in [1.54, 1.807) is 0 Å². The summed E-state index contributed by atoms with van der Waals surface area (Å²) in [5.41, 5.74) is -0.591. The summed E-state index contributed by atoms with van der Waals surface area (Å²) >= 11 is 0. The van der Waals surface area contributed by atoms with Gasteiger partial charge in [0.05, 0.1) is 29.4 Å². The molecule has 0 spiro atoms. The third kappa shape index (κ3) is 3.37. The molecule has 0 aromatic heterocycles. The van der Waals surface area contributed by atoms with Crippen molar-refractivity contribution in [3.63, 3.8) is 0 Å². The fourth-order valence-corrected chi connectivity index (χ4v) is 5.28. The van der Waals surface area contributed by atoms with Gasteiger partial charge in [-0.3, -0.25) is 14.0 Å². The van der Waals surface area contributed by atoms with Crippen LogP contribution in [-0.4, -0.2) is 63.9 Å². The van der Waals surface area contributed by atoms with E-state index < -0.39 is 34.2 Å². The molecule has 1 aromatic carbocycles. The molecule has 7 nitrogen and oxygen atoms in total. The average molecular weight is 400 g/mol. The van der Waals surface area contributed by atoms with Crippen LogP contribution in [0.4, 0.5) is 14.5 Å². The molecular weight excluding hydrogens is 380 g/mol. The number of hydrogen-bond acceptors (Lipinski definition) is 5. The Kier molecular flexibility index (Phi) is 5.59. The summed E-state index contributed by atoms with van der Waals surface area (Å²) in [6.07, 6.45) is 1.22. The third-order valence-electron chi connectivity index (χ3n) is 4.79. The Bertz CT molecular complexity index is 874. The summed E-state index contributed by atoms with van der Waals surface area (Å²) < 4.78 is 59.3. The highest BCUT2D eigenvalue weighted by molar-refractivity contribution is 7.89. The molecule has 0 saturated carbocycles. The molecule has 1 saturated heterocycles. The van der Waals surface area contributed by atoms with Crippen LogP contribution in [-0.2, 0) is 19.6 Å². The number of benzene rings is 1. The molecule has 1 aromatic rings. The van der Waals surface area contributed by atoms with E-state index in [-0.39, 0.29) is 48.3 Å². The number of amides is 1. The predicted molar refractivity (Wildman–Crippen MR) is 92.5 cm³/mol. The molecule has 0 aliphatic carbocycles. The fourth-order valence-electron chi connectivity index (χ4n) is 3.56. The quantitative estimate of drug-likeness (QED) is 0.648. The maximum Gasteiger partial charge on any atom is 0.299 e. The maximum atomic E-state index is 14.7. The minimum Gasteiger partial charge on any atom is -0.383 e. The van der Waals surface area contributed by atoms with Crippen molar-refractivity contribution in [2.75, 3.05) is 38.4 Å². The van der Waals surface area contributed by atoms with Gasteiger partial charge in [0.1, 0.15) is 5.82 Å². The molecule has 1 atom stereocenters. The second-order valence-electron chi connectivity index (χ2n) is 6.50. The number of hydrogen-bond donors (Lipinski definition) is 0. The number of halogens is 2. The van der Waals surface area contributed by atoms with Crippen LogP contribution in [0.5, 0.6) is 0 Å². The minimum absolute atomic E-state index is 0.0512. The van der Waals surface area contributed by atoms with Crippen molar-refractivity contribution in [1.29, 1.82) is 0 Å². The van der Waals surface area contributed by atoms with E-state index in [0.717, 1.165) is 17.0 Å². The Morgan fingerprint density at radius 1 is 1.30 bits per heavy atom. The molecule has 1 amide bonds. The number of ketones is 1. The van der Waals surface area contributed by atoms with Crippen LogP contribution in [0.2, 0.25) is 0 Å². The standard InChI is InChI=1S/C17H20F2N2O5S/c1-26-10-11-4-2-7-21(11)27(24,25)12-8-13-15(14(19)9-12)20(6-3-5-18)17(23)16(13)22/h8-9,11H,2-7,10H2,1H3/t11-/m0/s1/i18-1,19-1. The maximum absolute atomic E-state index is 14.7. The van der Waals surface area contributed by atoms with Crippen molar-refractivity contribution in [3.05, 3.63) is 23.5 Å². The van der Waals surface area contributed by atoms with Gasteiger partial charge in [-0.05, 0) is 31.4 Å². The van der Waals surface area contributed by atoms with Gasteiger partial charge in [0.2, 0.25) is 10.0 Å². The number of methoxy groups -OCH3 is 1. The lowest BCUT2D eigenvalue weighted by Gasteiger charge is -2.24. The van der Waals surface area contributed by atoms with Gasteiger partial charge < -0.3 is 9.64 Å². The van der Waals surface area contributed by atoms with E-state index in [9.17, 15) is 26.8 Å². The van der Waals surface area contributed by atoms with Crippen molar-refractivity contribution in [3.8, 4) is 0 Å². The van der Waals surface area contributed by atoms with Crippen molar-refractivity contribution < 1.29 is 31.5 Å². The Labute approximate surface area is 155 Å². The van der Waals surface area contributed by atoms with Crippen LogP contribution >= 0.6 is 0 Å². The highest BCUT2D eigenvalue weighted by Crippen LogP contribution is 2.36. The first kappa shape index (κ1) is 19.8. The highest BCUT2D eigenvalue weighted by atomic mass is 32.2. The Morgan fingerprint density at radius 2 is 2.04 bits per heavy atom. The summed E-state index contributed by atoms with van der Waals surface area (Å²) in [5.74, 6) is -2.97. The normalized spacial score (nSPS) is 20.6. The van der Waals surface area contributed by atoms with Gasteiger partial charge in [-0.15, -0.1) is 0 Å². The van der Waals surface area contributed by atoms with Crippen molar-refractivity contribution >= 4 is 27.4 Å². The van der Waals surface area contributed by atoms with Crippen LogP contribution < -0.4 is 4.90 Å². The molecule has 0 N–H and O–H groups in total. The first-order valence-electron chi connectivity index (χ1n) is 8.59.